The summed E-state index contributed by atoms with van der Waals surface area (Å²) in [5, 5.41) is 8.81. The Morgan fingerprint density at radius 3 is 2.55 bits per heavy atom. The maximum Gasteiger partial charge on any atom is 0.319 e. The van der Waals surface area contributed by atoms with Gasteiger partial charge < -0.3 is 16.0 Å². The van der Waals surface area contributed by atoms with Gasteiger partial charge in [0.05, 0.1) is 10.7 Å². The highest BCUT2D eigenvalue weighted by atomic mass is 35.5. The van der Waals surface area contributed by atoms with Gasteiger partial charge in [0, 0.05) is 18.7 Å². The van der Waals surface area contributed by atoms with Crippen LogP contribution in [0.2, 0.25) is 5.02 Å². The Bertz CT molecular complexity index is 562. The molecule has 2 rings (SSSR count). The number of carbonyl (C=O) groups is 2. The van der Waals surface area contributed by atoms with Crippen LogP contribution in [0.3, 0.4) is 0 Å². The topological polar surface area (TPSA) is 70.2 Å². The monoisotopic (exact) mass is 323 g/mol. The van der Waals surface area contributed by atoms with Crippen molar-refractivity contribution in [2.45, 2.75) is 45.6 Å². The van der Waals surface area contributed by atoms with Crippen LogP contribution in [0.5, 0.6) is 0 Å². The molecule has 1 aliphatic carbocycles. The second-order valence-electron chi connectivity index (χ2n) is 5.84. The molecule has 0 radical (unpaired) electrons. The Labute approximate surface area is 135 Å². The molecule has 0 aromatic heterocycles. The number of rotatable bonds is 3. The van der Waals surface area contributed by atoms with Crippen LogP contribution in [0, 0.1) is 5.92 Å². The lowest BCUT2D eigenvalue weighted by Gasteiger charge is -2.29. The van der Waals surface area contributed by atoms with Gasteiger partial charge in [-0.25, -0.2) is 4.79 Å². The molecule has 5 nitrogen and oxygen atoms in total. The average Bonchev–Trinajstić information content (AvgIpc) is 2.44. The molecule has 0 bridgehead atoms. The van der Waals surface area contributed by atoms with E-state index in [0.29, 0.717) is 22.3 Å². The van der Waals surface area contributed by atoms with Gasteiger partial charge in [0.25, 0.3) is 0 Å². The van der Waals surface area contributed by atoms with E-state index in [-0.39, 0.29) is 18.0 Å². The SMILES string of the molecule is CC(=O)Nc1ccc(NC(=O)NC2CCCCC2C)c(Cl)c1. The van der Waals surface area contributed by atoms with Gasteiger partial charge in [-0.3, -0.25) is 4.79 Å². The van der Waals surface area contributed by atoms with Gasteiger partial charge >= 0.3 is 6.03 Å². The predicted molar refractivity (Wildman–Crippen MR) is 89.3 cm³/mol. The number of benzene rings is 1. The van der Waals surface area contributed by atoms with Gasteiger partial charge in [-0.05, 0) is 37.0 Å². The predicted octanol–water partition coefficient (Wildman–Crippen LogP) is 4.00. The highest BCUT2D eigenvalue weighted by molar-refractivity contribution is 6.34. The third-order valence-corrected chi connectivity index (χ3v) is 4.28. The van der Waals surface area contributed by atoms with Crippen LogP contribution in [0.1, 0.15) is 39.5 Å². The van der Waals surface area contributed by atoms with Crippen LogP contribution in [-0.2, 0) is 4.79 Å². The Morgan fingerprint density at radius 1 is 1.18 bits per heavy atom. The van der Waals surface area contributed by atoms with Gasteiger partial charge in [-0.1, -0.05) is 31.4 Å². The molecule has 0 heterocycles. The summed E-state index contributed by atoms with van der Waals surface area (Å²) in [7, 11) is 0. The number of urea groups is 1. The van der Waals surface area contributed by atoms with Crippen molar-refractivity contribution in [1.29, 1.82) is 0 Å². The smallest absolute Gasteiger partial charge is 0.319 e. The maximum absolute atomic E-state index is 12.1. The van der Waals surface area contributed by atoms with Crippen molar-refractivity contribution in [2.24, 2.45) is 5.92 Å². The first-order valence-corrected chi connectivity index (χ1v) is 7.98. The first-order valence-electron chi connectivity index (χ1n) is 7.60. The summed E-state index contributed by atoms with van der Waals surface area (Å²) in [6.07, 6.45) is 4.56. The second kappa shape index (κ2) is 7.49. The van der Waals surface area contributed by atoms with Crippen molar-refractivity contribution >= 4 is 34.9 Å². The van der Waals surface area contributed by atoms with E-state index in [0.717, 1.165) is 19.3 Å². The minimum Gasteiger partial charge on any atom is -0.335 e. The van der Waals surface area contributed by atoms with Crippen molar-refractivity contribution < 1.29 is 9.59 Å². The first-order chi connectivity index (χ1) is 10.5. The quantitative estimate of drug-likeness (QED) is 0.787. The third kappa shape index (κ3) is 4.63. The molecule has 1 saturated carbocycles. The molecule has 3 amide bonds. The van der Waals surface area contributed by atoms with Crippen molar-refractivity contribution in [3.05, 3.63) is 23.2 Å². The maximum atomic E-state index is 12.1. The molecule has 0 saturated heterocycles. The lowest BCUT2D eigenvalue weighted by molar-refractivity contribution is -0.114. The fourth-order valence-electron chi connectivity index (χ4n) is 2.75. The number of amides is 3. The summed E-state index contributed by atoms with van der Waals surface area (Å²) in [5.74, 6) is 0.331. The zero-order chi connectivity index (χ0) is 16.1. The van der Waals surface area contributed by atoms with Gasteiger partial charge in [-0.2, -0.15) is 0 Å². The Hall–Kier alpha value is -1.75. The van der Waals surface area contributed by atoms with Crippen LogP contribution in [-0.4, -0.2) is 18.0 Å². The van der Waals surface area contributed by atoms with E-state index in [2.05, 4.69) is 22.9 Å². The molecular weight excluding hydrogens is 302 g/mol. The highest BCUT2D eigenvalue weighted by Crippen LogP contribution is 2.26. The largest absolute Gasteiger partial charge is 0.335 e. The zero-order valence-electron chi connectivity index (χ0n) is 12.9. The van der Waals surface area contributed by atoms with E-state index in [1.165, 1.54) is 13.3 Å². The molecule has 0 spiro atoms. The normalized spacial score (nSPS) is 21.0. The summed E-state index contributed by atoms with van der Waals surface area (Å²) >= 11 is 6.13. The Morgan fingerprint density at radius 2 is 1.91 bits per heavy atom. The van der Waals surface area contributed by atoms with Crippen LogP contribution < -0.4 is 16.0 Å². The summed E-state index contributed by atoms with van der Waals surface area (Å²) < 4.78 is 0. The number of nitrogens with one attached hydrogen (secondary N) is 3. The Kier molecular flexibility index (Phi) is 5.66. The second-order valence-corrected chi connectivity index (χ2v) is 6.25. The van der Waals surface area contributed by atoms with E-state index in [1.54, 1.807) is 18.2 Å². The van der Waals surface area contributed by atoms with Crippen molar-refractivity contribution in [1.82, 2.24) is 5.32 Å². The van der Waals surface area contributed by atoms with Crippen LogP contribution >= 0.6 is 11.6 Å². The van der Waals surface area contributed by atoms with Crippen LogP contribution in [0.4, 0.5) is 16.2 Å². The Balaban J connectivity index is 1.94. The van der Waals surface area contributed by atoms with Crippen LogP contribution in [0.15, 0.2) is 18.2 Å². The summed E-state index contributed by atoms with van der Waals surface area (Å²) in [6.45, 7) is 3.60. The summed E-state index contributed by atoms with van der Waals surface area (Å²) in [6, 6.07) is 4.96. The zero-order valence-corrected chi connectivity index (χ0v) is 13.7. The molecule has 2 atom stereocenters. The van der Waals surface area contributed by atoms with Gasteiger partial charge in [-0.15, -0.1) is 0 Å². The first kappa shape index (κ1) is 16.6. The average molecular weight is 324 g/mol. The number of carbonyl (C=O) groups excluding carboxylic acids is 2. The lowest BCUT2D eigenvalue weighted by Crippen LogP contribution is -2.43. The molecule has 120 valence electrons. The lowest BCUT2D eigenvalue weighted by atomic mass is 9.86. The molecule has 1 aromatic carbocycles. The molecule has 22 heavy (non-hydrogen) atoms. The minimum absolute atomic E-state index is 0.166. The van der Waals surface area contributed by atoms with E-state index >= 15 is 0 Å². The van der Waals surface area contributed by atoms with Crippen LogP contribution in [0.25, 0.3) is 0 Å². The van der Waals surface area contributed by atoms with Crippen molar-refractivity contribution in [3.8, 4) is 0 Å². The van der Waals surface area contributed by atoms with Crippen molar-refractivity contribution in [3.63, 3.8) is 0 Å². The molecule has 0 aliphatic heterocycles. The summed E-state index contributed by atoms with van der Waals surface area (Å²) in [4.78, 5) is 23.1. The van der Waals surface area contributed by atoms with Crippen molar-refractivity contribution in [2.75, 3.05) is 10.6 Å². The molecular formula is C16H22ClN3O2. The molecule has 1 aromatic rings. The number of hydrogen-bond acceptors (Lipinski definition) is 2. The fourth-order valence-corrected chi connectivity index (χ4v) is 2.98. The van der Waals surface area contributed by atoms with Gasteiger partial charge in [0.15, 0.2) is 0 Å². The highest BCUT2D eigenvalue weighted by Gasteiger charge is 2.22. The molecule has 1 aliphatic rings. The molecule has 6 heteroatoms. The van der Waals surface area contributed by atoms with Gasteiger partial charge in [0.1, 0.15) is 0 Å². The third-order valence-electron chi connectivity index (χ3n) is 3.97. The standard InChI is InChI=1S/C16H22ClN3O2/c1-10-5-3-4-6-14(10)19-16(22)20-15-8-7-12(9-13(15)17)18-11(2)21/h7-10,14H,3-6H2,1-2H3,(H,18,21)(H2,19,20,22). The molecule has 2 unspecified atom stereocenters. The number of anilines is 2. The van der Waals surface area contributed by atoms with E-state index < -0.39 is 0 Å². The van der Waals surface area contributed by atoms with E-state index in [4.69, 9.17) is 11.6 Å². The molecule has 3 N–H and O–H groups in total. The number of halogens is 1. The number of hydrogen-bond donors (Lipinski definition) is 3. The minimum atomic E-state index is -0.243. The molecule has 1 fully saturated rings. The van der Waals surface area contributed by atoms with E-state index in [1.807, 2.05) is 0 Å². The van der Waals surface area contributed by atoms with E-state index in [9.17, 15) is 9.59 Å². The summed E-state index contributed by atoms with van der Waals surface area (Å²) in [5.41, 5.74) is 1.13. The van der Waals surface area contributed by atoms with Gasteiger partial charge in [0.2, 0.25) is 5.91 Å². The fraction of sp³-hybridized carbons (Fsp3) is 0.500.